The monoisotopic (exact) mass is 2110 g/mol. The summed E-state index contributed by atoms with van der Waals surface area (Å²) in [6.07, 6.45) is 38.9. The lowest BCUT2D eigenvalue weighted by atomic mass is 10.1. The molecule has 54 heteroatoms. The molecule has 0 aromatic rings. The van der Waals surface area contributed by atoms with E-state index in [1.807, 2.05) is 0 Å². The summed E-state index contributed by atoms with van der Waals surface area (Å²) in [5.41, 5.74) is 0. The van der Waals surface area contributed by atoms with Crippen LogP contribution in [0.2, 0.25) is 0 Å². The molecule has 0 spiro atoms. The SMILES string of the molecule is C=CC(=O)OCCCOC#N.C=CC(=O)OCCOC#N.C=CC(=O)OCCOC(=O)CCCCCCCOC#N.C=CC(=O)OCCOC(=O)CCCCCCOC#N.C=CC(=O)OCCOC(=O)CCCCCOC#N.C=CC(=O)OCCOC(=O)CCCCOC#N.C=CC(=O)OCCOC(=O)CCCOC#N.C=CC(=O)OCCOC(=O)CCOC#N.C=CC(=O)OCCOC(=O)COC#N.C=CC(=O)OCOC#N. The number of nitriles is 10. The Bertz CT molecular complexity index is 4300. The maximum Gasteiger partial charge on any atom is 0.345 e. The Morgan fingerprint density at radius 3 is 0.577 bits per heavy atom. The van der Waals surface area contributed by atoms with Gasteiger partial charge in [-0.3, -0.25) is 28.8 Å². The lowest BCUT2D eigenvalue weighted by Gasteiger charge is -2.05. The molecule has 0 aliphatic rings. The quantitative estimate of drug-likeness (QED) is 0.0142. The summed E-state index contributed by atoms with van der Waals surface area (Å²) in [7, 11) is 0. The highest BCUT2D eigenvalue weighted by molar-refractivity contribution is 5.85. The molecule has 0 bridgehead atoms. The Morgan fingerprint density at radius 1 is 0.148 bits per heavy atom. The highest BCUT2D eigenvalue weighted by Gasteiger charge is 2.12. The molecular formula is C95H126N10O44. The highest BCUT2D eigenvalue weighted by atomic mass is 16.7. The topological polar surface area (TPSA) is 777 Å². The third-order valence-corrected chi connectivity index (χ3v) is 14.0. The molecule has 0 atom stereocenters. The second-order valence-electron chi connectivity index (χ2n) is 25.0. The zero-order valence-corrected chi connectivity index (χ0v) is 82.7. The van der Waals surface area contributed by atoms with Crippen LogP contribution in [0.5, 0.6) is 0 Å². The summed E-state index contributed by atoms with van der Waals surface area (Å²) in [5.74, 6) is -8.34. The molecule has 0 saturated carbocycles. The van der Waals surface area contributed by atoms with Crippen LogP contribution >= 0.6 is 0 Å². The molecule has 0 aliphatic carbocycles. The van der Waals surface area contributed by atoms with Crippen molar-refractivity contribution in [2.75, 3.05) is 172 Å². The summed E-state index contributed by atoms with van der Waals surface area (Å²) in [5, 5.41) is 79.9. The fourth-order valence-electron chi connectivity index (χ4n) is 7.46. The fraction of sp³-hybridized carbons (Fsp3) is 0.505. The van der Waals surface area contributed by atoms with Crippen molar-refractivity contribution in [2.45, 2.75) is 141 Å². The van der Waals surface area contributed by atoms with Crippen molar-refractivity contribution in [3.8, 4) is 62.6 Å². The number of hydrogen-bond acceptors (Lipinski definition) is 54. The number of carbonyl (C=O) groups is 17. The Kier molecular flexibility index (Phi) is 133. The van der Waals surface area contributed by atoms with Gasteiger partial charge in [0.25, 0.3) is 62.6 Å². The van der Waals surface area contributed by atoms with Crippen molar-refractivity contribution in [3.63, 3.8) is 0 Å². The molecular weight excluding hydrogens is 1990 g/mol. The molecule has 0 N–H and O–H groups in total. The molecule has 0 radical (unpaired) electrons. The van der Waals surface area contributed by atoms with Gasteiger partial charge in [-0.1, -0.05) is 97.9 Å². The number of hydrogen-bond donors (Lipinski definition) is 0. The lowest BCUT2D eigenvalue weighted by molar-refractivity contribution is -0.151. The van der Waals surface area contributed by atoms with Gasteiger partial charge in [-0.2, -0.15) is 52.6 Å². The average molecular weight is 2110 g/mol. The number of carbonyl (C=O) groups excluding carboxylic acids is 17. The summed E-state index contributed by atoms with van der Waals surface area (Å²) in [6, 6.07) is 0. The molecule has 0 aliphatic heterocycles. The molecule has 0 heterocycles. The highest BCUT2D eigenvalue weighted by Crippen LogP contribution is 2.09. The van der Waals surface area contributed by atoms with E-state index >= 15 is 0 Å². The van der Waals surface area contributed by atoms with Gasteiger partial charge in [-0.05, 0) is 64.2 Å². The summed E-state index contributed by atoms with van der Waals surface area (Å²) >= 11 is 0. The van der Waals surface area contributed by atoms with E-state index in [1.54, 1.807) is 25.0 Å². The molecule has 0 fully saturated rings. The van der Waals surface area contributed by atoms with Gasteiger partial charge in [0, 0.05) is 99.3 Å². The first-order chi connectivity index (χ1) is 71.8. The minimum Gasteiger partial charge on any atom is -0.462 e. The lowest BCUT2D eigenvalue weighted by Crippen LogP contribution is -2.15. The van der Waals surface area contributed by atoms with Gasteiger partial charge >= 0.3 is 101 Å². The first kappa shape index (κ1) is 151. The Morgan fingerprint density at radius 2 is 0.315 bits per heavy atom. The van der Waals surface area contributed by atoms with E-state index in [2.05, 4.69) is 170 Å². The Labute approximate surface area is 862 Å². The number of rotatable bonds is 75. The predicted octanol–water partition coefficient (Wildman–Crippen LogP) is 7.47. The maximum atomic E-state index is 11.3. The summed E-state index contributed by atoms with van der Waals surface area (Å²) < 4.78 is 122. The van der Waals surface area contributed by atoms with Crippen LogP contribution in [0.3, 0.4) is 0 Å². The first-order valence-corrected chi connectivity index (χ1v) is 44.0. The van der Waals surface area contributed by atoms with E-state index in [1.165, 1.54) is 37.5 Å². The number of esters is 17. The molecule has 0 aromatic carbocycles. The predicted molar refractivity (Wildman–Crippen MR) is 501 cm³/mol. The van der Waals surface area contributed by atoms with Gasteiger partial charge in [0.2, 0.25) is 6.79 Å². The number of ether oxygens (including phenoxy) is 27. The maximum absolute atomic E-state index is 11.3. The number of nitrogens with zero attached hydrogens (tertiary/aromatic N) is 10. The second-order valence-corrected chi connectivity index (χ2v) is 25.0. The smallest absolute Gasteiger partial charge is 0.345 e. The Balaban J connectivity index is -0.000000182. The molecule has 0 saturated heterocycles. The van der Waals surface area contributed by atoms with Gasteiger partial charge in [0.15, 0.2) is 6.61 Å². The van der Waals surface area contributed by atoms with Crippen LogP contribution in [-0.4, -0.2) is 273 Å². The van der Waals surface area contributed by atoms with E-state index in [0.29, 0.717) is 77.8 Å². The van der Waals surface area contributed by atoms with E-state index < -0.39 is 84.2 Å². The summed E-state index contributed by atoms with van der Waals surface area (Å²) in [4.78, 5) is 182. The van der Waals surface area contributed by atoms with Crippen LogP contribution in [0.15, 0.2) is 127 Å². The third-order valence-electron chi connectivity index (χ3n) is 14.0. The van der Waals surface area contributed by atoms with Gasteiger partial charge in [-0.15, -0.1) is 0 Å². The average Bonchev–Trinajstić information content (AvgIpc) is 1.05. The van der Waals surface area contributed by atoms with Crippen LogP contribution < -0.4 is 0 Å². The Hall–Kier alpha value is -18.7. The molecule has 0 amide bonds. The van der Waals surface area contributed by atoms with Crippen molar-refractivity contribution in [2.24, 2.45) is 0 Å². The third kappa shape index (κ3) is 152. The largest absolute Gasteiger partial charge is 0.462 e. The van der Waals surface area contributed by atoms with Gasteiger partial charge in [0.1, 0.15) is 152 Å². The van der Waals surface area contributed by atoms with Crippen molar-refractivity contribution < 1.29 is 209 Å². The van der Waals surface area contributed by atoms with Crippen LogP contribution in [-0.2, 0) is 209 Å². The standard InChI is InChI=1S/C14H21NO5.C13H19NO5.C12H17NO5.C11H15NO5.C10H13NO5.C9H11NO5.C8H9NO5.C7H9NO3.C6H7NO3.C5H5NO3/c1-2-13(16)19-10-11-20-14(17)8-6-4-3-5-7-9-18-12-15;1-2-12(15)18-9-10-19-13(16)7-5-3-4-6-8-17-11-14;1-2-11(14)17-8-9-18-12(15)6-4-3-5-7-16-10-13;1-2-10(13)16-7-8-17-11(14)5-3-4-6-15-9-12;1-2-9(12)15-6-7-16-10(13)4-3-5-14-8-11;1-2-8(11)14-5-6-15-9(12)3-4-13-7-10;1-2-7(10)13-3-4-14-8(11)5-12-6-9;1-2-7(9)11-5-3-4-10-6-8;1-2-6(8)10-4-3-9-5-7;1-2-5(7)9-4-8-3-6/h2H,1,3-11H2;2H,1,3-10H2;2H,1,3-9H2;2H,1,3-8H2;2H,1,3-7H2;2H,1,3-6H2;2H,1,3-5H2;2H,1,3-5H2;2H,1,3-4H2;2H,1,4H2. The molecule has 149 heavy (non-hydrogen) atoms. The van der Waals surface area contributed by atoms with Crippen molar-refractivity contribution >= 4 is 101 Å². The van der Waals surface area contributed by atoms with Crippen LogP contribution in [0, 0.1) is 115 Å². The minimum absolute atomic E-state index is 0.00525. The van der Waals surface area contributed by atoms with Crippen LogP contribution in [0.4, 0.5) is 0 Å². The number of unbranched alkanes of at least 4 members (excludes halogenated alkanes) is 10. The molecule has 0 rings (SSSR count). The van der Waals surface area contributed by atoms with E-state index in [-0.39, 0.29) is 182 Å². The van der Waals surface area contributed by atoms with Crippen LogP contribution in [0.25, 0.3) is 0 Å². The minimum atomic E-state index is -0.693. The van der Waals surface area contributed by atoms with Crippen molar-refractivity contribution in [3.05, 3.63) is 127 Å². The summed E-state index contributed by atoms with van der Waals surface area (Å²) in [6.45, 7) is 33.9. The van der Waals surface area contributed by atoms with E-state index in [0.717, 1.165) is 131 Å². The zero-order valence-electron chi connectivity index (χ0n) is 82.7. The van der Waals surface area contributed by atoms with E-state index in [9.17, 15) is 81.5 Å². The first-order valence-electron chi connectivity index (χ1n) is 44.0. The fourth-order valence-corrected chi connectivity index (χ4v) is 7.46. The molecule has 54 nitrogen and oxygen atoms in total. The normalized spacial score (nSPS) is 8.60. The molecule has 820 valence electrons. The van der Waals surface area contributed by atoms with Gasteiger partial charge in [-0.25, -0.2) is 52.7 Å². The van der Waals surface area contributed by atoms with Gasteiger partial charge < -0.3 is 128 Å². The molecule has 0 unspecified atom stereocenters. The van der Waals surface area contributed by atoms with Crippen molar-refractivity contribution in [1.82, 2.24) is 0 Å². The van der Waals surface area contributed by atoms with Crippen molar-refractivity contribution in [1.29, 1.82) is 52.6 Å². The molecule has 0 aromatic heterocycles. The van der Waals surface area contributed by atoms with Gasteiger partial charge in [0.05, 0.1) is 13.0 Å². The second kappa shape index (κ2) is 131. The zero-order chi connectivity index (χ0) is 114. The van der Waals surface area contributed by atoms with E-state index in [4.69, 9.17) is 76.3 Å². The van der Waals surface area contributed by atoms with Crippen LogP contribution in [0.1, 0.15) is 141 Å².